The molecule has 1 aromatic carbocycles. The summed E-state index contributed by atoms with van der Waals surface area (Å²) in [5.74, 6) is 0. The fourth-order valence-corrected chi connectivity index (χ4v) is 1.63. The molecule has 0 spiro atoms. The van der Waals surface area contributed by atoms with E-state index in [1.165, 1.54) is 18.2 Å². The van der Waals surface area contributed by atoms with E-state index in [1.54, 1.807) is 6.07 Å². The van der Waals surface area contributed by atoms with Gasteiger partial charge in [-0.05, 0) is 18.2 Å². The topological polar surface area (TPSA) is 43.8 Å². The number of anilines is 1. The third-order valence-corrected chi connectivity index (χ3v) is 2.35. The summed E-state index contributed by atoms with van der Waals surface area (Å²) in [4.78, 5) is 0. The SMILES string of the molecule is Nc1cnn(-c2cccc(Cl)c2)c1C(F)(F)F. The summed E-state index contributed by atoms with van der Waals surface area (Å²) >= 11 is 5.71. The lowest BCUT2D eigenvalue weighted by Gasteiger charge is -2.11. The zero-order valence-corrected chi connectivity index (χ0v) is 9.13. The first kappa shape index (κ1) is 11.8. The first-order chi connectivity index (χ1) is 7.89. The predicted molar refractivity (Wildman–Crippen MR) is 58.0 cm³/mol. The van der Waals surface area contributed by atoms with Crippen molar-refractivity contribution in [2.45, 2.75) is 6.18 Å². The monoisotopic (exact) mass is 261 g/mol. The summed E-state index contributed by atoms with van der Waals surface area (Å²) in [5, 5.41) is 3.93. The van der Waals surface area contributed by atoms with Crippen molar-refractivity contribution >= 4 is 17.3 Å². The van der Waals surface area contributed by atoms with Crippen molar-refractivity contribution in [3.05, 3.63) is 41.2 Å². The number of rotatable bonds is 1. The standard InChI is InChI=1S/C10H7ClF3N3/c11-6-2-1-3-7(4-6)17-9(10(12,13)14)8(15)5-16-17/h1-5H,15H2. The van der Waals surface area contributed by atoms with Crippen LogP contribution in [0.2, 0.25) is 5.02 Å². The Balaban J connectivity index is 2.61. The number of nitrogen functional groups attached to an aromatic ring is 1. The number of hydrogen-bond acceptors (Lipinski definition) is 2. The Morgan fingerprint density at radius 2 is 2.00 bits per heavy atom. The largest absolute Gasteiger partial charge is 0.435 e. The van der Waals surface area contributed by atoms with Gasteiger partial charge in [-0.15, -0.1) is 0 Å². The first-order valence-corrected chi connectivity index (χ1v) is 4.94. The van der Waals surface area contributed by atoms with Gasteiger partial charge < -0.3 is 5.73 Å². The Hall–Kier alpha value is -1.69. The Morgan fingerprint density at radius 1 is 1.29 bits per heavy atom. The molecule has 2 rings (SSSR count). The molecule has 7 heteroatoms. The number of aromatic nitrogens is 2. The van der Waals surface area contributed by atoms with E-state index in [9.17, 15) is 13.2 Å². The van der Waals surface area contributed by atoms with Crippen LogP contribution in [0.15, 0.2) is 30.5 Å². The smallest absolute Gasteiger partial charge is 0.396 e. The minimum atomic E-state index is -4.57. The van der Waals surface area contributed by atoms with Crippen LogP contribution in [0.25, 0.3) is 5.69 Å². The maximum atomic E-state index is 12.8. The number of alkyl halides is 3. The first-order valence-electron chi connectivity index (χ1n) is 4.56. The molecular formula is C10H7ClF3N3. The Bertz CT molecular complexity index is 548. The molecule has 0 aliphatic heterocycles. The molecule has 17 heavy (non-hydrogen) atoms. The summed E-state index contributed by atoms with van der Waals surface area (Å²) in [5.41, 5.74) is 4.06. The van der Waals surface area contributed by atoms with E-state index in [-0.39, 0.29) is 5.69 Å². The molecule has 2 aromatic rings. The van der Waals surface area contributed by atoms with Crippen molar-refractivity contribution in [2.75, 3.05) is 5.73 Å². The van der Waals surface area contributed by atoms with Gasteiger partial charge in [0.2, 0.25) is 0 Å². The molecular weight excluding hydrogens is 255 g/mol. The van der Waals surface area contributed by atoms with Crippen molar-refractivity contribution in [3.8, 4) is 5.69 Å². The lowest BCUT2D eigenvalue weighted by Crippen LogP contribution is -2.15. The predicted octanol–water partition coefficient (Wildman–Crippen LogP) is 3.13. The molecule has 0 atom stereocenters. The number of halogens is 4. The number of nitrogens with two attached hydrogens (primary N) is 1. The quantitative estimate of drug-likeness (QED) is 0.857. The molecule has 0 radical (unpaired) electrons. The van der Waals surface area contributed by atoms with Crippen LogP contribution in [0, 0.1) is 0 Å². The van der Waals surface area contributed by atoms with Crippen LogP contribution in [0.1, 0.15) is 5.69 Å². The van der Waals surface area contributed by atoms with E-state index in [1.807, 2.05) is 0 Å². The lowest BCUT2D eigenvalue weighted by molar-refractivity contribution is -0.142. The summed E-state index contributed by atoms with van der Waals surface area (Å²) in [6, 6.07) is 5.94. The van der Waals surface area contributed by atoms with Gasteiger partial charge in [-0.3, -0.25) is 0 Å². The van der Waals surface area contributed by atoms with Gasteiger partial charge in [0.05, 0.1) is 17.6 Å². The van der Waals surface area contributed by atoms with Crippen molar-refractivity contribution in [3.63, 3.8) is 0 Å². The highest BCUT2D eigenvalue weighted by atomic mass is 35.5. The highest BCUT2D eigenvalue weighted by Crippen LogP contribution is 2.35. The third kappa shape index (κ3) is 2.21. The van der Waals surface area contributed by atoms with Crippen molar-refractivity contribution in [1.29, 1.82) is 0 Å². The van der Waals surface area contributed by atoms with Crippen LogP contribution in [-0.2, 0) is 6.18 Å². The normalized spacial score (nSPS) is 11.8. The van der Waals surface area contributed by atoms with Crippen LogP contribution >= 0.6 is 11.6 Å². The van der Waals surface area contributed by atoms with Gasteiger partial charge >= 0.3 is 6.18 Å². The van der Waals surface area contributed by atoms with Crippen LogP contribution in [0.3, 0.4) is 0 Å². The second-order valence-corrected chi connectivity index (χ2v) is 3.77. The fraction of sp³-hybridized carbons (Fsp3) is 0.100. The molecule has 1 aromatic heterocycles. The molecule has 0 aliphatic carbocycles. The van der Waals surface area contributed by atoms with Crippen LogP contribution in [0.5, 0.6) is 0 Å². The number of nitrogens with zero attached hydrogens (tertiary/aromatic N) is 2. The van der Waals surface area contributed by atoms with E-state index >= 15 is 0 Å². The zero-order valence-electron chi connectivity index (χ0n) is 8.37. The van der Waals surface area contributed by atoms with Crippen molar-refractivity contribution in [2.24, 2.45) is 0 Å². The molecule has 0 aliphatic rings. The molecule has 2 N–H and O–H groups in total. The highest BCUT2D eigenvalue weighted by molar-refractivity contribution is 6.30. The molecule has 0 unspecified atom stereocenters. The molecule has 3 nitrogen and oxygen atoms in total. The van der Waals surface area contributed by atoms with Gasteiger partial charge in [-0.25, -0.2) is 4.68 Å². The summed E-state index contributed by atoms with van der Waals surface area (Å²) in [7, 11) is 0. The Morgan fingerprint density at radius 3 is 2.59 bits per heavy atom. The van der Waals surface area contributed by atoms with Crippen molar-refractivity contribution in [1.82, 2.24) is 9.78 Å². The lowest BCUT2D eigenvalue weighted by atomic mass is 10.3. The summed E-state index contributed by atoms with van der Waals surface area (Å²) in [6.07, 6.45) is -3.60. The molecule has 0 amide bonds. The van der Waals surface area contributed by atoms with Gasteiger partial charge in [0.15, 0.2) is 5.69 Å². The van der Waals surface area contributed by atoms with Gasteiger partial charge in [0, 0.05) is 5.02 Å². The Labute approximate surface area is 99.6 Å². The average molecular weight is 262 g/mol. The minimum absolute atomic E-state index is 0.210. The van der Waals surface area contributed by atoms with Crippen LogP contribution in [-0.4, -0.2) is 9.78 Å². The van der Waals surface area contributed by atoms with E-state index in [4.69, 9.17) is 17.3 Å². The Kier molecular flexibility index (Phi) is 2.74. The van der Waals surface area contributed by atoms with Crippen LogP contribution < -0.4 is 5.73 Å². The zero-order chi connectivity index (χ0) is 12.6. The third-order valence-electron chi connectivity index (χ3n) is 2.12. The number of benzene rings is 1. The van der Waals surface area contributed by atoms with E-state index < -0.39 is 17.6 Å². The summed E-state index contributed by atoms with van der Waals surface area (Å²) in [6.45, 7) is 0. The number of hydrogen-bond donors (Lipinski definition) is 1. The van der Waals surface area contributed by atoms with E-state index in [0.717, 1.165) is 10.9 Å². The molecule has 0 saturated carbocycles. The van der Waals surface area contributed by atoms with Gasteiger partial charge in [-0.1, -0.05) is 17.7 Å². The van der Waals surface area contributed by atoms with Gasteiger partial charge in [0.1, 0.15) is 0 Å². The van der Waals surface area contributed by atoms with Gasteiger partial charge in [0.25, 0.3) is 0 Å². The van der Waals surface area contributed by atoms with E-state index in [0.29, 0.717) is 5.02 Å². The second-order valence-electron chi connectivity index (χ2n) is 3.34. The molecule has 0 bridgehead atoms. The molecule has 0 saturated heterocycles. The highest BCUT2D eigenvalue weighted by Gasteiger charge is 2.38. The molecule has 0 fully saturated rings. The fourth-order valence-electron chi connectivity index (χ4n) is 1.45. The maximum absolute atomic E-state index is 12.8. The van der Waals surface area contributed by atoms with Crippen LogP contribution in [0.4, 0.5) is 18.9 Å². The summed E-state index contributed by atoms with van der Waals surface area (Å²) < 4.78 is 39.0. The molecule has 1 heterocycles. The molecule has 90 valence electrons. The second kappa shape index (κ2) is 3.96. The van der Waals surface area contributed by atoms with Crippen molar-refractivity contribution < 1.29 is 13.2 Å². The minimum Gasteiger partial charge on any atom is -0.396 e. The average Bonchev–Trinajstić information content (AvgIpc) is 2.59. The maximum Gasteiger partial charge on any atom is 0.435 e. The van der Waals surface area contributed by atoms with E-state index in [2.05, 4.69) is 5.10 Å². The van der Waals surface area contributed by atoms with Gasteiger partial charge in [-0.2, -0.15) is 18.3 Å².